The zero-order chi connectivity index (χ0) is 24.1. The molecule has 2 aromatic carbocycles. The van der Waals surface area contributed by atoms with Crippen LogP contribution in [0.25, 0.3) is 0 Å². The topological polar surface area (TPSA) is 46.5 Å². The molecule has 0 heterocycles. The average Bonchev–Trinajstić information content (AvgIpc) is 2.70. The molecule has 2 aromatic rings. The Labute approximate surface area is 195 Å². The van der Waals surface area contributed by atoms with Gasteiger partial charge in [0.15, 0.2) is 8.32 Å². The molecule has 172 valence electrons. The van der Waals surface area contributed by atoms with E-state index in [1.807, 2.05) is 25.1 Å². The first-order valence-electron chi connectivity index (χ1n) is 11.5. The van der Waals surface area contributed by atoms with E-state index in [0.717, 1.165) is 28.7 Å². The van der Waals surface area contributed by atoms with Gasteiger partial charge in [-0.3, -0.25) is 4.79 Å². The van der Waals surface area contributed by atoms with Crippen molar-refractivity contribution in [3.8, 4) is 11.8 Å². The molecule has 0 aliphatic heterocycles. The van der Waals surface area contributed by atoms with Crippen LogP contribution in [0.3, 0.4) is 0 Å². The Kier molecular flexibility index (Phi) is 8.51. The summed E-state index contributed by atoms with van der Waals surface area (Å²) in [5.74, 6) is 6.13. The van der Waals surface area contributed by atoms with Gasteiger partial charge in [-0.25, -0.2) is 0 Å². The Morgan fingerprint density at radius 3 is 2.06 bits per heavy atom. The molecule has 0 spiro atoms. The fourth-order valence-corrected chi connectivity index (χ4v) is 4.28. The van der Waals surface area contributed by atoms with Gasteiger partial charge in [-0.15, -0.1) is 0 Å². The number of carboxylic acids is 1. The molecule has 0 amide bonds. The average molecular weight is 451 g/mol. The highest BCUT2D eigenvalue weighted by atomic mass is 28.4. The number of hydrogen-bond donors (Lipinski definition) is 1. The predicted molar refractivity (Wildman–Crippen MR) is 136 cm³/mol. The van der Waals surface area contributed by atoms with E-state index >= 15 is 0 Å². The third-order valence-electron chi connectivity index (χ3n) is 6.44. The maximum Gasteiger partial charge on any atom is 0.307 e. The number of hydrogen-bond acceptors (Lipinski definition) is 2. The zero-order valence-electron chi connectivity index (χ0n) is 20.9. The van der Waals surface area contributed by atoms with Crippen LogP contribution < -0.4 is 0 Å². The molecule has 0 aromatic heterocycles. The molecule has 2 rings (SSSR count). The van der Waals surface area contributed by atoms with Gasteiger partial charge in [-0.1, -0.05) is 65.5 Å². The maximum absolute atomic E-state index is 11.1. The molecule has 1 N–H and O–H groups in total. The molecule has 4 heteroatoms. The van der Waals surface area contributed by atoms with Crippen LogP contribution in [0, 0.1) is 11.8 Å². The van der Waals surface area contributed by atoms with Crippen molar-refractivity contribution in [3.05, 3.63) is 69.8 Å². The van der Waals surface area contributed by atoms with Crippen molar-refractivity contribution in [3.63, 3.8) is 0 Å². The van der Waals surface area contributed by atoms with Gasteiger partial charge >= 0.3 is 5.97 Å². The zero-order valence-corrected chi connectivity index (χ0v) is 21.9. The third kappa shape index (κ3) is 6.82. The Balaban J connectivity index is 2.27. The van der Waals surface area contributed by atoms with Crippen LogP contribution in [0.4, 0.5) is 0 Å². The first kappa shape index (κ1) is 25.9. The molecule has 0 unspecified atom stereocenters. The summed E-state index contributed by atoms with van der Waals surface area (Å²) < 4.78 is 6.47. The van der Waals surface area contributed by atoms with Gasteiger partial charge in [0.05, 0.1) is 13.0 Å². The second-order valence-electron chi connectivity index (χ2n) is 10.3. The smallest absolute Gasteiger partial charge is 0.307 e. The number of rotatable bonds is 7. The van der Waals surface area contributed by atoms with Crippen LogP contribution in [0.1, 0.15) is 80.8 Å². The molecule has 0 atom stereocenters. The van der Waals surface area contributed by atoms with Crippen LogP contribution in [0.2, 0.25) is 18.1 Å². The number of benzene rings is 2. The van der Waals surface area contributed by atoms with Gasteiger partial charge < -0.3 is 9.53 Å². The fraction of sp³-hybridized carbons (Fsp3) is 0.464. The van der Waals surface area contributed by atoms with Crippen LogP contribution in [0.15, 0.2) is 36.4 Å². The lowest BCUT2D eigenvalue weighted by atomic mass is 9.95. The largest absolute Gasteiger partial charge is 0.481 e. The van der Waals surface area contributed by atoms with Crippen molar-refractivity contribution in [2.45, 2.75) is 85.0 Å². The monoisotopic (exact) mass is 450 g/mol. The Morgan fingerprint density at radius 2 is 1.56 bits per heavy atom. The highest BCUT2D eigenvalue weighted by molar-refractivity contribution is 6.74. The first-order valence-corrected chi connectivity index (χ1v) is 14.4. The lowest BCUT2D eigenvalue weighted by molar-refractivity contribution is -0.136. The van der Waals surface area contributed by atoms with E-state index in [0.29, 0.717) is 12.5 Å². The summed E-state index contributed by atoms with van der Waals surface area (Å²) in [5.41, 5.74) is 6.31. The molecule has 0 aliphatic rings. The van der Waals surface area contributed by atoms with Crippen LogP contribution in [-0.2, 0) is 28.7 Å². The molecule has 0 radical (unpaired) electrons. The van der Waals surface area contributed by atoms with Crippen LogP contribution >= 0.6 is 0 Å². The van der Waals surface area contributed by atoms with Crippen molar-refractivity contribution < 1.29 is 14.3 Å². The molecule has 0 aliphatic carbocycles. The standard InChI is InChI=1S/C28H38O3Si/c1-9-23-16-21(12-14-24(23)18-27(29)30)10-11-22-13-15-25(26(17-22)20(2)3)19-31-32(7,8)28(4,5)6/h12-17,20H,9,18-19H2,1-8H3,(H,29,30). The lowest BCUT2D eigenvalue weighted by Crippen LogP contribution is -2.40. The summed E-state index contributed by atoms with van der Waals surface area (Å²) in [6.07, 6.45) is 0.839. The van der Waals surface area contributed by atoms with Gasteiger partial charge in [0, 0.05) is 11.1 Å². The van der Waals surface area contributed by atoms with Gasteiger partial charge in [-0.05, 0) is 77.0 Å². The van der Waals surface area contributed by atoms with Crippen molar-refractivity contribution in [1.29, 1.82) is 0 Å². The summed E-state index contributed by atoms with van der Waals surface area (Å²) >= 11 is 0. The molecule has 0 fully saturated rings. The Bertz CT molecular complexity index is 1020. The second kappa shape index (κ2) is 10.5. The molecular formula is C28H38O3Si. The highest BCUT2D eigenvalue weighted by Crippen LogP contribution is 2.37. The molecule has 0 bridgehead atoms. The minimum Gasteiger partial charge on any atom is -0.481 e. The first-order chi connectivity index (χ1) is 14.8. The van der Waals surface area contributed by atoms with Crippen LogP contribution in [-0.4, -0.2) is 19.4 Å². The van der Waals surface area contributed by atoms with E-state index in [-0.39, 0.29) is 11.5 Å². The minimum atomic E-state index is -1.81. The number of aryl methyl sites for hydroxylation is 1. The van der Waals surface area contributed by atoms with Gasteiger partial charge in [-0.2, -0.15) is 0 Å². The second-order valence-corrected chi connectivity index (χ2v) is 15.1. The van der Waals surface area contributed by atoms with Crippen molar-refractivity contribution in [2.75, 3.05) is 0 Å². The van der Waals surface area contributed by atoms with E-state index in [4.69, 9.17) is 9.53 Å². The van der Waals surface area contributed by atoms with Crippen molar-refractivity contribution in [2.24, 2.45) is 0 Å². The normalized spacial score (nSPS) is 11.9. The summed E-state index contributed by atoms with van der Waals surface area (Å²) in [6, 6.07) is 12.2. The fourth-order valence-electron chi connectivity index (χ4n) is 3.33. The lowest BCUT2D eigenvalue weighted by Gasteiger charge is -2.36. The molecule has 0 saturated heterocycles. The van der Waals surface area contributed by atoms with Gasteiger partial charge in [0.25, 0.3) is 0 Å². The Hall–Kier alpha value is -2.35. The van der Waals surface area contributed by atoms with E-state index in [1.54, 1.807) is 0 Å². The number of carboxylic acid groups (broad SMARTS) is 1. The Morgan fingerprint density at radius 1 is 1.00 bits per heavy atom. The summed E-state index contributed by atoms with van der Waals surface area (Å²) in [5, 5.41) is 9.28. The maximum atomic E-state index is 11.1. The molecule has 32 heavy (non-hydrogen) atoms. The number of aliphatic carboxylic acids is 1. The highest BCUT2D eigenvalue weighted by Gasteiger charge is 2.37. The van der Waals surface area contributed by atoms with E-state index in [1.165, 1.54) is 11.1 Å². The molecule has 0 saturated carbocycles. The minimum absolute atomic E-state index is 0.0487. The SMILES string of the molecule is CCc1cc(C#Cc2ccc(CO[Si](C)(C)C(C)(C)C)c(C(C)C)c2)ccc1CC(=O)O. The van der Waals surface area contributed by atoms with Crippen molar-refractivity contribution >= 4 is 14.3 Å². The summed E-state index contributed by atoms with van der Waals surface area (Å²) in [7, 11) is -1.81. The van der Waals surface area contributed by atoms with Crippen LogP contribution in [0.5, 0.6) is 0 Å². The van der Waals surface area contributed by atoms with E-state index in [9.17, 15) is 4.79 Å². The quantitative estimate of drug-likeness (QED) is 0.368. The van der Waals surface area contributed by atoms with Gasteiger partial charge in [0.1, 0.15) is 0 Å². The predicted octanol–water partition coefficient (Wildman–Crippen LogP) is 6.92. The molecular weight excluding hydrogens is 412 g/mol. The van der Waals surface area contributed by atoms with Crippen molar-refractivity contribution in [1.82, 2.24) is 0 Å². The van der Waals surface area contributed by atoms with E-state index < -0.39 is 14.3 Å². The van der Waals surface area contributed by atoms with Gasteiger partial charge in [0.2, 0.25) is 0 Å². The third-order valence-corrected chi connectivity index (χ3v) is 10.9. The van der Waals surface area contributed by atoms with E-state index in [2.05, 4.69) is 77.8 Å². The molecule has 3 nitrogen and oxygen atoms in total. The number of carbonyl (C=O) groups is 1. The summed E-state index contributed by atoms with van der Waals surface area (Å²) in [6.45, 7) is 18.5. The summed E-state index contributed by atoms with van der Waals surface area (Å²) in [4.78, 5) is 11.1.